The van der Waals surface area contributed by atoms with E-state index in [1.807, 2.05) is 33.8 Å². The summed E-state index contributed by atoms with van der Waals surface area (Å²) >= 11 is 0. The molecule has 0 radical (unpaired) electrons. The van der Waals surface area contributed by atoms with Crippen molar-refractivity contribution in [3.63, 3.8) is 0 Å². The number of fused-ring (bicyclic) bond motifs is 1. The van der Waals surface area contributed by atoms with Gasteiger partial charge in [0.05, 0.1) is 11.1 Å². The second-order valence-corrected chi connectivity index (χ2v) is 6.35. The molecule has 0 unspecified atom stereocenters. The van der Waals surface area contributed by atoms with Crippen molar-refractivity contribution in [2.75, 3.05) is 6.54 Å². The summed E-state index contributed by atoms with van der Waals surface area (Å²) in [5, 5.41) is 2.90. The zero-order valence-electron chi connectivity index (χ0n) is 13.5. The van der Waals surface area contributed by atoms with E-state index < -0.39 is 0 Å². The van der Waals surface area contributed by atoms with Crippen molar-refractivity contribution in [2.24, 2.45) is 0 Å². The van der Waals surface area contributed by atoms with E-state index in [0.717, 1.165) is 16.9 Å². The SMILES string of the molecule is CCC(C)(C)NC(=O)CCN1C(=O)c2ccc(C)cc2C1=O. The molecular formula is C17H22N2O3. The Morgan fingerprint density at radius 3 is 2.45 bits per heavy atom. The van der Waals surface area contributed by atoms with E-state index in [1.54, 1.807) is 12.1 Å². The van der Waals surface area contributed by atoms with Gasteiger partial charge in [0, 0.05) is 18.5 Å². The number of imide groups is 1. The fraction of sp³-hybridized carbons (Fsp3) is 0.471. The number of hydrogen-bond donors (Lipinski definition) is 1. The van der Waals surface area contributed by atoms with Gasteiger partial charge >= 0.3 is 0 Å². The molecule has 1 heterocycles. The van der Waals surface area contributed by atoms with Crippen molar-refractivity contribution in [1.29, 1.82) is 0 Å². The van der Waals surface area contributed by atoms with Crippen LogP contribution in [0.5, 0.6) is 0 Å². The third kappa shape index (κ3) is 3.18. The summed E-state index contributed by atoms with van der Waals surface area (Å²) in [4.78, 5) is 37.6. The lowest BCUT2D eigenvalue weighted by Crippen LogP contribution is -2.44. The van der Waals surface area contributed by atoms with E-state index in [-0.39, 0.29) is 36.2 Å². The van der Waals surface area contributed by atoms with Gasteiger partial charge in [-0.1, -0.05) is 18.6 Å². The highest BCUT2D eigenvalue weighted by Gasteiger charge is 2.35. The summed E-state index contributed by atoms with van der Waals surface area (Å²) in [5.41, 5.74) is 1.50. The van der Waals surface area contributed by atoms with Crippen LogP contribution < -0.4 is 5.32 Å². The molecule has 0 saturated heterocycles. The highest BCUT2D eigenvalue weighted by Crippen LogP contribution is 2.24. The van der Waals surface area contributed by atoms with Crippen LogP contribution in [0.3, 0.4) is 0 Å². The van der Waals surface area contributed by atoms with Crippen LogP contribution in [0.4, 0.5) is 0 Å². The van der Waals surface area contributed by atoms with Crippen molar-refractivity contribution in [1.82, 2.24) is 10.2 Å². The lowest BCUT2D eigenvalue weighted by atomic mass is 10.0. The molecule has 1 aromatic rings. The zero-order chi connectivity index (χ0) is 16.5. The van der Waals surface area contributed by atoms with Crippen molar-refractivity contribution in [2.45, 2.75) is 46.1 Å². The molecule has 0 aromatic heterocycles. The molecule has 1 aliphatic heterocycles. The molecule has 5 heteroatoms. The summed E-state index contributed by atoms with van der Waals surface area (Å²) in [6.07, 6.45) is 0.929. The largest absolute Gasteiger partial charge is 0.351 e. The van der Waals surface area contributed by atoms with E-state index in [9.17, 15) is 14.4 Å². The second-order valence-electron chi connectivity index (χ2n) is 6.35. The lowest BCUT2D eigenvalue weighted by Gasteiger charge is -2.25. The van der Waals surface area contributed by atoms with E-state index in [2.05, 4.69) is 5.32 Å². The van der Waals surface area contributed by atoms with Gasteiger partial charge in [-0.3, -0.25) is 19.3 Å². The third-order valence-electron chi connectivity index (χ3n) is 4.05. The van der Waals surface area contributed by atoms with E-state index in [1.165, 1.54) is 0 Å². The van der Waals surface area contributed by atoms with E-state index in [4.69, 9.17) is 0 Å². The first-order valence-corrected chi connectivity index (χ1v) is 7.53. The van der Waals surface area contributed by atoms with Crippen LogP contribution in [-0.2, 0) is 4.79 Å². The molecule has 0 fully saturated rings. The summed E-state index contributed by atoms with van der Waals surface area (Å²) in [7, 11) is 0. The van der Waals surface area contributed by atoms with Gasteiger partial charge in [0.15, 0.2) is 0 Å². The minimum Gasteiger partial charge on any atom is -0.351 e. The van der Waals surface area contributed by atoms with Crippen LogP contribution in [0.15, 0.2) is 18.2 Å². The normalized spacial score (nSPS) is 14.3. The number of carbonyl (C=O) groups is 3. The number of carbonyl (C=O) groups excluding carboxylic acids is 3. The highest BCUT2D eigenvalue weighted by atomic mass is 16.2. The Morgan fingerprint density at radius 1 is 1.18 bits per heavy atom. The molecule has 0 bridgehead atoms. The summed E-state index contributed by atoms with van der Waals surface area (Å²) < 4.78 is 0. The summed E-state index contributed by atoms with van der Waals surface area (Å²) in [6.45, 7) is 7.86. The first-order valence-electron chi connectivity index (χ1n) is 7.53. The zero-order valence-corrected chi connectivity index (χ0v) is 13.5. The number of benzene rings is 1. The maximum atomic E-state index is 12.3. The molecule has 22 heavy (non-hydrogen) atoms. The first kappa shape index (κ1) is 16.2. The summed E-state index contributed by atoms with van der Waals surface area (Å²) in [5.74, 6) is -0.784. The quantitative estimate of drug-likeness (QED) is 0.849. The van der Waals surface area contributed by atoms with Gasteiger partial charge in [0.2, 0.25) is 5.91 Å². The molecule has 1 N–H and O–H groups in total. The van der Waals surface area contributed by atoms with E-state index >= 15 is 0 Å². The molecule has 0 atom stereocenters. The predicted molar refractivity (Wildman–Crippen MR) is 83.7 cm³/mol. The smallest absolute Gasteiger partial charge is 0.261 e. The van der Waals surface area contributed by atoms with E-state index in [0.29, 0.717) is 11.1 Å². The minimum absolute atomic E-state index is 0.108. The minimum atomic E-state index is -0.317. The Kier molecular flexibility index (Phi) is 4.35. The molecule has 0 aliphatic carbocycles. The predicted octanol–water partition coefficient (Wildman–Crippen LogP) is 2.29. The van der Waals surface area contributed by atoms with Crippen LogP contribution in [0, 0.1) is 6.92 Å². The van der Waals surface area contributed by atoms with Crippen molar-refractivity contribution in [3.8, 4) is 0 Å². The molecule has 118 valence electrons. The molecule has 0 spiro atoms. The molecule has 0 saturated carbocycles. The van der Waals surface area contributed by atoms with Crippen LogP contribution in [-0.4, -0.2) is 34.7 Å². The molecule has 3 amide bonds. The lowest BCUT2D eigenvalue weighted by molar-refractivity contribution is -0.122. The Morgan fingerprint density at radius 2 is 1.82 bits per heavy atom. The molecule has 2 rings (SSSR count). The Balaban J connectivity index is 2.02. The monoisotopic (exact) mass is 302 g/mol. The number of rotatable bonds is 5. The highest BCUT2D eigenvalue weighted by molar-refractivity contribution is 6.21. The second kappa shape index (κ2) is 5.91. The molecule has 5 nitrogen and oxygen atoms in total. The standard InChI is InChI=1S/C17H22N2O3/c1-5-17(3,4)18-14(20)8-9-19-15(21)12-7-6-11(2)10-13(12)16(19)22/h6-7,10H,5,8-9H2,1-4H3,(H,18,20). The Hall–Kier alpha value is -2.17. The Labute approximate surface area is 130 Å². The van der Waals surface area contributed by atoms with Gasteiger partial charge in [-0.15, -0.1) is 0 Å². The maximum Gasteiger partial charge on any atom is 0.261 e. The molecular weight excluding hydrogens is 280 g/mol. The number of hydrogen-bond acceptors (Lipinski definition) is 3. The van der Waals surface area contributed by atoms with Gasteiger partial charge in [-0.05, 0) is 39.3 Å². The number of nitrogens with one attached hydrogen (secondary N) is 1. The maximum absolute atomic E-state index is 12.3. The number of nitrogens with zero attached hydrogens (tertiary/aromatic N) is 1. The first-order chi connectivity index (χ1) is 10.2. The van der Waals surface area contributed by atoms with Crippen LogP contribution in [0.25, 0.3) is 0 Å². The molecule has 1 aliphatic rings. The fourth-order valence-electron chi connectivity index (χ4n) is 2.35. The Bertz CT molecular complexity index is 635. The third-order valence-corrected chi connectivity index (χ3v) is 4.05. The van der Waals surface area contributed by atoms with Crippen LogP contribution in [0.1, 0.15) is 59.9 Å². The van der Waals surface area contributed by atoms with Gasteiger partial charge < -0.3 is 5.32 Å². The fourth-order valence-corrected chi connectivity index (χ4v) is 2.35. The van der Waals surface area contributed by atoms with Gasteiger partial charge in [0.25, 0.3) is 11.8 Å². The van der Waals surface area contributed by atoms with Crippen molar-refractivity contribution >= 4 is 17.7 Å². The average Bonchev–Trinajstić information content (AvgIpc) is 2.68. The number of amides is 3. The van der Waals surface area contributed by atoms with Gasteiger partial charge in [-0.2, -0.15) is 0 Å². The number of aryl methyl sites for hydroxylation is 1. The van der Waals surface area contributed by atoms with Crippen LogP contribution in [0.2, 0.25) is 0 Å². The van der Waals surface area contributed by atoms with Crippen molar-refractivity contribution in [3.05, 3.63) is 34.9 Å². The average molecular weight is 302 g/mol. The topological polar surface area (TPSA) is 66.5 Å². The van der Waals surface area contributed by atoms with Gasteiger partial charge in [0.1, 0.15) is 0 Å². The van der Waals surface area contributed by atoms with Crippen LogP contribution >= 0.6 is 0 Å². The van der Waals surface area contributed by atoms with Gasteiger partial charge in [-0.25, -0.2) is 0 Å². The summed E-state index contributed by atoms with van der Waals surface area (Å²) in [6, 6.07) is 5.20. The molecule has 1 aromatic carbocycles. The van der Waals surface area contributed by atoms with Crippen molar-refractivity contribution < 1.29 is 14.4 Å².